The van der Waals surface area contributed by atoms with Gasteiger partial charge in [-0.05, 0) is 49.6 Å². The van der Waals surface area contributed by atoms with Crippen LogP contribution >= 0.6 is 0 Å². The summed E-state index contributed by atoms with van der Waals surface area (Å²) in [5.41, 5.74) is 2.96. The first-order valence-corrected chi connectivity index (χ1v) is 8.26. The van der Waals surface area contributed by atoms with Gasteiger partial charge >= 0.3 is 0 Å². The number of carbonyl (C=O) groups is 1. The van der Waals surface area contributed by atoms with Crippen LogP contribution in [0.15, 0.2) is 36.4 Å². The molecule has 0 aliphatic heterocycles. The maximum absolute atomic E-state index is 12.1. The molecule has 1 N–H and O–H groups in total. The van der Waals surface area contributed by atoms with Crippen molar-refractivity contribution in [3.05, 3.63) is 47.5 Å². The second-order valence-electron chi connectivity index (χ2n) is 5.76. The van der Waals surface area contributed by atoms with Crippen LogP contribution in [0.4, 0.5) is 5.69 Å². The molecule has 0 saturated carbocycles. The van der Waals surface area contributed by atoms with Crippen LogP contribution in [0.25, 0.3) is 0 Å². The highest BCUT2D eigenvalue weighted by Crippen LogP contribution is 2.29. The third kappa shape index (κ3) is 5.14. The molecule has 1 amide bonds. The summed E-state index contributed by atoms with van der Waals surface area (Å²) in [4.78, 5) is 12.1. The molecule has 5 heteroatoms. The number of anilines is 1. The molecule has 0 heterocycles. The van der Waals surface area contributed by atoms with Crippen molar-refractivity contribution in [2.24, 2.45) is 0 Å². The number of hydrogen-bond acceptors (Lipinski definition) is 4. The molecule has 5 nitrogen and oxygen atoms in total. The van der Waals surface area contributed by atoms with Crippen LogP contribution in [0.1, 0.15) is 24.0 Å². The van der Waals surface area contributed by atoms with E-state index >= 15 is 0 Å². The lowest BCUT2D eigenvalue weighted by molar-refractivity contribution is -0.116. The van der Waals surface area contributed by atoms with E-state index in [4.69, 9.17) is 14.2 Å². The Balaban J connectivity index is 1.82. The average Bonchev–Trinajstić information content (AvgIpc) is 2.62. The summed E-state index contributed by atoms with van der Waals surface area (Å²) in [6, 6.07) is 11.3. The highest BCUT2D eigenvalue weighted by Gasteiger charge is 2.09. The van der Waals surface area contributed by atoms with Crippen molar-refractivity contribution in [2.45, 2.75) is 26.7 Å². The average molecular weight is 343 g/mol. The molecule has 2 aromatic rings. The Kier molecular flexibility index (Phi) is 6.69. The van der Waals surface area contributed by atoms with Crippen LogP contribution in [-0.4, -0.2) is 26.7 Å². The Morgan fingerprint density at radius 2 is 1.84 bits per heavy atom. The van der Waals surface area contributed by atoms with E-state index in [1.165, 1.54) is 5.56 Å². The van der Waals surface area contributed by atoms with Crippen LogP contribution < -0.4 is 19.5 Å². The molecule has 0 aromatic heterocycles. The minimum absolute atomic E-state index is 0.0759. The van der Waals surface area contributed by atoms with E-state index in [9.17, 15) is 4.79 Å². The maximum Gasteiger partial charge on any atom is 0.224 e. The highest BCUT2D eigenvalue weighted by atomic mass is 16.5. The number of ether oxygens (including phenoxy) is 3. The first kappa shape index (κ1) is 18.6. The number of amides is 1. The standard InChI is InChI=1S/C20H25NO4/c1-14-7-5-8-18(15(14)2)25-12-6-9-20(22)21-17-11-10-16(23-3)13-19(17)24-4/h5,7-8,10-11,13H,6,9,12H2,1-4H3,(H,21,22). The summed E-state index contributed by atoms with van der Waals surface area (Å²) in [6.07, 6.45) is 1.01. The molecule has 0 bridgehead atoms. The van der Waals surface area contributed by atoms with Crippen LogP contribution in [0.3, 0.4) is 0 Å². The molecule has 134 valence electrons. The Morgan fingerprint density at radius 3 is 2.56 bits per heavy atom. The molecule has 0 radical (unpaired) electrons. The number of carbonyl (C=O) groups excluding carboxylic acids is 1. The minimum Gasteiger partial charge on any atom is -0.497 e. The van der Waals surface area contributed by atoms with E-state index in [0.29, 0.717) is 36.6 Å². The van der Waals surface area contributed by atoms with E-state index < -0.39 is 0 Å². The van der Waals surface area contributed by atoms with Crippen molar-refractivity contribution in [3.63, 3.8) is 0 Å². The number of nitrogens with one attached hydrogen (secondary N) is 1. The van der Waals surface area contributed by atoms with Gasteiger partial charge in [-0.1, -0.05) is 12.1 Å². The van der Waals surface area contributed by atoms with Gasteiger partial charge in [-0.3, -0.25) is 4.79 Å². The normalized spacial score (nSPS) is 10.2. The van der Waals surface area contributed by atoms with Crippen LogP contribution in [0.2, 0.25) is 0 Å². The molecule has 0 aliphatic carbocycles. The zero-order valence-corrected chi connectivity index (χ0v) is 15.2. The smallest absolute Gasteiger partial charge is 0.224 e. The molecule has 0 atom stereocenters. The van der Waals surface area contributed by atoms with Gasteiger partial charge in [-0.2, -0.15) is 0 Å². The molecule has 0 unspecified atom stereocenters. The zero-order valence-electron chi connectivity index (χ0n) is 15.2. The zero-order chi connectivity index (χ0) is 18.2. The Bertz CT molecular complexity index is 728. The molecular formula is C20H25NO4. The van der Waals surface area contributed by atoms with Crippen molar-refractivity contribution >= 4 is 11.6 Å². The minimum atomic E-state index is -0.0759. The van der Waals surface area contributed by atoms with Crippen molar-refractivity contribution in [2.75, 3.05) is 26.1 Å². The van der Waals surface area contributed by atoms with Gasteiger partial charge in [0.1, 0.15) is 17.2 Å². The van der Waals surface area contributed by atoms with E-state index in [1.54, 1.807) is 32.4 Å². The number of benzene rings is 2. The molecule has 2 rings (SSSR count). The first-order valence-electron chi connectivity index (χ1n) is 8.26. The van der Waals surface area contributed by atoms with Gasteiger partial charge in [-0.25, -0.2) is 0 Å². The lowest BCUT2D eigenvalue weighted by atomic mass is 10.1. The van der Waals surface area contributed by atoms with Gasteiger partial charge in [0.2, 0.25) is 5.91 Å². The fraction of sp³-hybridized carbons (Fsp3) is 0.350. The fourth-order valence-electron chi connectivity index (χ4n) is 2.41. The van der Waals surface area contributed by atoms with Crippen molar-refractivity contribution in [1.29, 1.82) is 0 Å². The molecule has 0 spiro atoms. The summed E-state index contributed by atoms with van der Waals surface area (Å²) < 4.78 is 16.2. The quantitative estimate of drug-likeness (QED) is 0.733. The lowest BCUT2D eigenvalue weighted by Crippen LogP contribution is -2.13. The van der Waals surface area contributed by atoms with Gasteiger partial charge in [0.25, 0.3) is 0 Å². The van der Waals surface area contributed by atoms with Crippen LogP contribution in [-0.2, 0) is 4.79 Å². The van der Waals surface area contributed by atoms with Gasteiger partial charge in [0, 0.05) is 12.5 Å². The molecule has 0 saturated heterocycles. The summed E-state index contributed by atoms with van der Waals surface area (Å²) in [5, 5.41) is 2.86. The largest absolute Gasteiger partial charge is 0.497 e. The highest BCUT2D eigenvalue weighted by molar-refractivity contribution is 5.92. The lowest BCUT2D eigenvalue weighted by Gasteiger charge is -2.12. The number of methoxy groups -OCH3 is 2. The maximum atomic E-state index is 12.1. The topological polar surface area (TPSA) is 56.8 Å². The van der Waals surface area contributed by atoms with Gasteiger partial charge in [0.15, 0.2) is 0 Å². The van der Waals surface area contributed by atoms with Gasteiger partial charge in [0.05, 0.1) is 26.5 Å². The predicted octanol–water partition coefficient (Wildman–Crippen LogP) is 4.12. The van der Waals surface area contributed by atoms with Gasteiger partial charge < -0.3 is 19.5 Å². The van der Waals surface area contributed by atoms with Crippen molar-refractivity contribution < 1.29 is 19.0 Å². The van der Waals surface area contributed by atoms with E-state index in [1.807, 2.05) is 19.1 Å². The van der Waals surface area contributed by atoms with Crippen molar-refractivity contribution in [1.82, 2.24) is 0 Å². The van der Waals surface area contributed by atoms with Crippen LogP contribution in [0, 0.1) is 13.8 Å². The van der Waals surface area contributed by atoms with E-state index in [2.05, 4.69) is 18.3 Å². The molecule has 0 fully saturated rings. The molecule has 25 heavy (non-hydrogen) atoms. The summed E-state index contributed by atoms with van der Waals surface area (Å²) in [5.74, 6) is 2.04. The number of aryl methyl sites for hydroxylation is 1. The summed E-state index contributed by atoms with van der Waals surface area (Å²) in [7, 11) is 3.14. The van der Waals surface area contributed by atoms with E-state index in [0.717, 1.165) is 11.3 Å². The third-order valence-electron chi connectivity index (χ3n) is 4.04. The molecule has 2 aromatic carbocycles. The molecule has 0 aliphatic rings. The van der Waals surface area contributed by atoms with Gasteiger partial charge in [-0.15, -0.1) is 0 Å². The third-order valence-corrected chi connectivity index (χ3v) is 4.04. The number of rotatable bonds is 8. The molecular weight excluding hydrogens is 318 g/mol. The predicted molar refractivity (Wildman–Crippen MR) is 98.8 cm³/mol. The monoisotopic (exact) mass is 343 g/mol. The first-order chi connectivity index (χ1) is 12.0. The van der Waals surface area contributed by atoms with Crippen LogP contribution in [0.5, 0.6) is 17.2 Å². The van der Waals surface area contributed by atoms with E-state index in [-0.39, 0.29) is 5.91 Å². The second-order valence-corrected chi connectivity index (χ2v) is 5.76. The Morgan fingerprint density at radius 1 is 1.04 bits per heavy atom. The number of hydrogen-bond donors (Lipinski definition) is 1. The SMILES string of the molecule is COc1ccc(NC(=O)CCCOc2cccc(C)c2C)c(OC)c1. The van der Waals surface area contributed by atoms with Crippen molar-refractivity contribution in [3.8, 4) is 17.2 Å². The second kappa shape index (κ2) is 8.97. The fourth-order valence-corrected chi connectivity index (χ4v) is 2.41. The summed E-state index contributed by atoms with van der Waals surface area (Å²) in [6.45, 7) is 4.59. The Labute approximate surface area is 148 Å². The summed E-state index contributed by atoms with van der Waals surface area (Å²) >= 11 is 0. The Hall–Kier alpha value is -2.69.